The summed E-state index contributed by atoms with van der Waals surface area (Å²) in [6.45, 7) is 10.1. The van der Waals surface area contributed by atoms with Crippen LogP contribution in [0.3, 0.4) is 0 Å². The molecule has 2 atom stereocenters. The van der Waals surface area contributed by atoms with E-state index in [1.807, 2.05) is 6.20 Å². The molecule has 1 N–H and O–H groups in total. The molecule has 2 aliphatic rings. The predicted octanol–water partition coefficient (Wildman–Crippen LogP) is 2.35. The normalized spacial score (nSPS) is 27.8. The van der Waals surface area contributed by atoms with Crippen molar-refractivity contribution in [3.05, 3.63) is 18.0 Å². The number of hydrogen-bond donors (Lipinski definition) is 1. The molecule has 4 nitrogen and oxygen atoms in total. The Hall–Kier alpha value is -0.870. The molecule has 20 heavy (non-hydrogen) atoms. The van der Waals surface area contributed by atoms with Gasteiger partial charge in [-0.3, -0.25) is 4.68 Å². The molecule has 3 heterocycles. The zero-order valence-corrected chi connectivity index (χ0v) is 13.1. The Balaban J connectivity index is 1.51. The van der Waals surface area contributed by atoms with Crippen molar-refractivity contribution in [2.45, 2.75) is 70.6 Å². The molecule has 0 bridgehead atoms. The lowest BCUT2D eigenvalue weighted by Crippen LogP contribution is -2.45. The van der Waals surface area contributed by atoms with E-state index in [9.17, 15) is 0 Å². The highest BCUT2D eigenvalue weighted by Crippen LogP contribution is 2.27. The zero-order chi connectivity index (χ0) is 14.2. The van der Waals surface area contributed by atoms with Crippen molar-refractivity contribution in [1.29, 1.82) is 0 Å². The van der Waals surface area contributed by atoms with Crippen LogP contribution in [0.5, 0.6) is 0 Å². The van der Waals surface area contributed by atoms with Gasteiger partial charge in [0.25, 0.3) is 0 Å². The molecular formula is C16H28N4. The fourth-order valence-corrected chi connectivity index (χ4v) is 3.49. The monoisotopic (exact) mass is 276 g/mol. The second kappa shape index (κ2) is 5.49. The highest BCUT2D eigenvalue weighted by atomic mass is 15.3. The molecule has 0 aromatic carbocycles. The van der Waals surface area contributed by atoms with Gasteiger partial charge in [-0.2, -0.15) is 5.10 Å². The lowest BCUT2D eigenvalue weighted by Gasteiger charge is -2.35. The Morgan fingerprint density at radius 3 is 2.90 bits per heavy atom. The van der Waals surface area contributed by atoms with Gasteiger partial charge in [-0.15, -0.1) is 0 Å². The first-order chi connectivity index (χ1) is 9.52. The van der Waals surface area contributed by atoms with E-state index in [0.29, 0.717) is 6.04 Å². The minimum atomic E-state index is 0.0768. The molecule has 0 saturated carbocycles. The molecule has 0 amide bonds. The van der Waals surface area contributed by atoms with Crippen molar-refractivity contribution in [1.82, 2.24) is 20.0 Å². The maximum Gasteiger partial charge on any atom is 0.0543 e. The summed E-state index contributed by atoms with van der Waals surface area (Å²) in [7, 11) is 0. The van der Waals surface area contributed by atoms with Crippen molar-refractivity contribution in [2.75, 3.05) is 13.1 Å². The van der Waals surface area contributed by atoms with Crippen molar-refractivity contribution in [3.8, 4) is 0 Å². The van der Waals surface area contributed by atoms with E-state index in [0.717, 1.165) is 12.6 Å². The second-order valence-corrected chi connectivity index (χ2v) is 7.40. The number of nitrogens with zero attached hydrogens (tertiary/aromatic N) is 3. The van der Waals surface area contributed by atoms with Gasteiger partial charge in [0.05, 0.1) is 11.7 Å². The van der Waals surface area contributed by atoms with Gasteiger partial charge in [-0.1, -0.05) is 0 Å². The number of piperidine rings is 1. The molecule has 3 rings (SSSR count). The maximum atomic E-state index is 4.47. The number of aromatic nitrogens is 2. The zero-order valence-electron chi connectivity index (χ0n) is 13.1. The Kier molecular flexibility index (Phi) is 3.87. The average molecular weight is 276 g/mol. The lowest BCUT2D eigenvalue weighted by atomic mass is 9.97. The number of fused-ring (bicyclic) bond motifs is 1. The van der Waals surface area contributed by atoms with Crippen molar-refractivity contribution in [3.63, 3.8) is 0 Å². The van der Waals surface area contributed by atoms with E-state index >= 15 is 0 Å². The van der Waals surface area contributed by atoms with Crippen LogP contribution in [0.4, 0.5) is 0 Å². The van der Waals surface area contributed by atoms with E-state index in [1.54, 1.807) is 0 Å². The van der Waals surface area contributed by atoms with Crippen LogP contribution in [-0.4, -0.2) is 39.9 Å². The smallest absolute Gasteiger partial charge is 0.0543 e. The van der Waals surface area contributed by atoms with Gasteiger partial charge in [-0.05, 0) is 59.5 Å². The summed E-state index contributed by atoms with van der Waals surface area (Å²) in [5.74, 6) is 0. The molecule has 2 aliphatic heterocycles. The Labute approximate surface area is 122 Å². The summed E-state index contributed by atoms with van der Waals surface area (Å²) in [5.41, 5.74) is 1.38. The molecule has 4 heteroatoms. The highest BCUT2D eigenvalue weighted by Gasteiger charge is 2.31. The van der Waals surface area contributed by atoms with Gasteiger partial charge in [0.15, 0.2) is 0 Å². The summed E-state index contributed by atoms with van der Waals surface area (Å²) >= 11 is 0. The van der Waals surface area contributed by atoms with Gasteiger partial charge < -0.3 is 10.2 Å². The fraction of sp³-hybridized carbons (Fsp3) is 0.812. The largest absolute Gasteiger partial charge is 0.310 e. The standard InChI is InChI=1S/C16H28N4/c1-16(2,3)20-12-13(11-18-20)10-17-14-6-8-19-7-4-5-15(19)9-14/h11-12,14-15,17H,4-10H2,1-3H3. The summed E-state index contributed by atoms with van der Waals surface area (Å²) in [5, 5.41) is 8.21. The van der Waals surface area contributed by atoms with Crippen molar-refractivity contribution in [2.24, 2.45) is 0 Å². The Bertz CT molecular complexity index is 446. The Morgan fingerprint density at radius 2 is 2.15 bits per heavy atom. The SMILES string of the molecule is CC(C)(C)n1cc(CNC2CCN3CCCC3C2)cn1. The first-order valence-electron chi connectivity index (χ1n) is 8.04. The van der Waals surface area contributed by atoms with Crippen LogP contribution in [0.25, 0.3) is 0 Å². The van der Waals surface area contributed by atoms with E-state index in [1.165, 1.54) is 44.3 Å². The molecule has 2 saturated heterocycles. The van der Waals surface area contributed by atoms with Gasteiger partial charge in [0, 0.05) is 30.4 Å². The van der Waals surface area contributed by atoms with Gasteiger partial charge in [0.2, 0.25) is 0 Å². The van der Waals surface area contributed by atoms with Crippen LogP contribution < -0.4 is 5.32 Å². The fourth-order valence-electron chi connectivity index (χ4n) is 3.49. The maximum absolute atomic E-state index is 4.47. The van der Waals surface area contributed by atoms with E-state index in [2.05, 4.69) is 47.0 Å². The molecule has 0 radical (unpaired) electrons. The highest BCUT2D eigenvalue weighted by molar-refractivity contribution is 5.05. The molecule has 2 fully saturated rings. The van der Waals surface area contributed by atoms with Gasteiger partial charge >= 0.3 is 0 Å². The third kappa shape index (κ3) is 3.07. The molecule has 0 spiro atoms. The molecular weight excluding hydrogens is 248 g/mol. The average Bonchev–Trinajstić information content (AvgIpc) is 3.04. The molecule has 2 unspecified atom stereocenters. The molecule has 112 valence electrons. The van der Waals surface area contributed by atoms with Crippen LogP contribution in [0.15, 0.2) is 12.4 Å². The minimum Gasteiger partial charge on any atom is -0.310 e. The molecule has 1 aromatic heterocycles. The third-order valence-electron chi connectivity index (χ3n) is 4.74. The van der Waals surface area contributed by atoms with Gasteiger partial charge in [-0.25, -0.2) is 0 Å². The second-order valence-electron chi connectivity index (χ2n) is 7.40. The number of rotatable bonds is 3. The van der Waals surface area contributed by atoms with Crippen LogP contribution in [0.2, 0.25) is 0 Å². The third-order valence-corrected chi connectivity index (χ3v) is 4.74. The number of nitrogens with one attached hydrogen (secondary N) is 1. The van der Waals surface area contributed by atoms with Crippen LogP contribution in [0, 0.1) is 0 Å². The topological polar surface area (TPSA) is 33.1 Å². The lowest BCUT2D eigenvalue weighted by molar-refractivity contribution is 0.166. The predicted molar refractivity (Wildman–Crippen MR) is 81.7 cm³/mol. The number of hydrogen-bond acceptors (Lipinski definition) is 3. The van der Waals surface area contributed by atoms with Crippen LogP contribution in [0.1, 0.15) is 52.0 Å². The first-order valence-corrected chi connectivity index (χ1v) is 8.04. The van der Waals surface area contributed by atoms with Crippen molar-refractivity contribution < 1.29 is 0 Å². The first kappa shape index (κ1) is 14.1. The Morgan fingerprint density at radius 1 is 1.30 bits per heavy atom. The van der Waals surface area contributed by atoms with E-state index in [-0.39, 0.29) is 5.54 Å². The van der Waals surface area contributed by atoms with E-state index < -0.39 is 0 Å². The summed E-state index contributed by atoms with van der Waals surface area (Å²) in [4.78, 5) is 2.68. The summed E-state index contributed by atoms with van der Waals surface area (Å²) < 4.78 is 2.06. The van der Waals surface area contributed by atoms with Crippen LogP contribution >= 0.6 is 0 Å². The van der Waals surface area contributed by atoms with Crippen LogP contribution in [-0.2, 0) is 12.1 Å². The molecule has 1 aromatic rings. The molecule has 0 aliphatic carbocycles. The van der Waals surface area contributed by atoms with Gasteiger partial charge in [0.1, 0.15) is 0 Å². The minimum absolute atomic E-state index is 0.0768. The van der Waals surface area contributed by atoms with E-state index in [4.69, 9.17) is 0 Å². The summed E-state index contributed by atoms with van der Waals surface area (Å²) in [6.07, 6.45) is 9.61. The quantitative estimate of drug-likeness (QED) is 0.920. The van der Waals surface area contributed by atoms with Crippen molar-refractivity contribution >= 4 is 0 Å². The summed E-state index contributed by atoms with van der Waals surface area (Å²) in [6, 6.07) is 1.53.